The summed E-state index contributed by atoms with van der Waals surface area (Å²) in [4.78, 5) is 4.13. The highest BCUT2D eigenvalue weighted by molar-refractivity contribution is 5.34. The maximum atomic E-state index is 9.39. The highest BCUT2D eigenvalue weighted by Crippen LogP contribution is 2.24. The standard InChI is InChI=1S/C16H19NO3/c1-3-10-19-13-4-6-14(7-5-13)20-15-8-9-16(12(2)18)17-11-15/h4-9,11-12,18H,3,10H2,1-2H3/t12-/m1/s1. The van der Waals surface area contributed by atoms with E-state index in [1.165, 1.54) is 0 Å². The fourth-order valence-electron chi connectivity index (χ4n) is 1.66. The molecule has 1 heterocycles. The lowest BCUT2D eigenvalue weighted by Gasteiger charge is -2.08. The molecule has 0 saturated heterocycles. The van der Waals surface area contributed by atoms with E-state index in [0.29, 0.717) is 18.1 Å². The Bertz CT molecular complexity index is 520. The van der Waals surface area contributed by atoms with Gasteiger partial charge in [0.1, 0.15) is 17.2 Å². The van der Waals surface area contributed by atoms with Crippen molar-refractivity contribution in [3.63, 3.8) is 0 Å². The molecule has 1 N–H and O–H groups in total. The fourth-order valence-corrected chi connectivity index (χ4v) is 1.66. The largest absolute Gasteiger partial charge is 0.494 e. The minimum absolute atomic E-state index is 0.570. The normalized spacial score (nSPS) is 11.9. The summed E-state index contributed by atoms with van der Waals surface area (Å²) in [6.07, 6.45) is 2.02. The van der Waals surface area contributed by atoms with Crippen LogP contribution in [-0.4, -0.2) is 16.7 Å². The number of rotatable bonds is 6. The highest BCUT2D eigenvalue weighted by Gasteiger charge is 2.03. The Morgan fingerprint density at radius 2 is 1.70 bits per heavy atom. The Morgan fingerprint density at radius 3 is 2.25 bits per heavy atom. The van der Waals surface area contributed by atoms with E-state index in [1.807, 2.05) is 24.3 Å². The van der Waals surface area contributed by atoms with Crippen LogP contribution in [0.15, 0.2) is 42.6 Å². The Hall–Kier alpha value is -2.07. The first-order valence-corrected chi connectivity index (χ1v) is 6.73. The van der Waals surface area contributed by atoms with Crippen molar-refractivity contribution in [1.82, 2.24) is 4.98 Å². The molecule has 20 heavy (non-hydrogen) atoms. The van der Waals surface area contributed by atoms with E-state index in [9.17, 15) is 5.11 Å². The minimum atomic E-state index is -0.570. The van der Waals surface area contributed by atoms with Gasteiger partial charge in [0.15, 0.2) is 0 Å². The summed E-state index contributed by atoms with van der Waals surface area (Å²) in [7, 11) is 0. The summed E-state index contributed by atoms with van der Waals surface area (Å²) < 4.78 is 11.2. The second-order valence-corrected chi connectivity index (χ2v) is 4.52. The number of nitrogens with zero attached hydrogens (tertiary/aromatic N) is 1. The van der Waals surface area contributed by atoms with Crippen LogP contribution in [-0.2, 0) is 0 Å². The topological polar surface area (TPSA) is 51.6 Å². The SMILES string of the molecule is CCCOc1ccc(Oc2ccc([C@@H](C)O)nc2)cc1. The van der Waals surface area contributed by atoms with Crippen LogP contribution in [0.25, 0.3) is 0 Å². The average molecular weight is 273 g/mol. The second-order valence-electron chi connectivity index (χ2n) is 4.52. The zero-order valence-corrected chi connectivity index (χ0v) is 11.7. The van der Waals surface area contributed by atoms with E-state index < -0.39 is 6.10 Å². The molecule has 4 nitrogen and oxygen atoms in total. The Balaban J connectivity index is 1.98. The number of hydrogen-bond acceptors (Lipinski definition) is 4. The molecule has 2 aromatic rings. The molecule has 0 spiro atoms. The van der Waals surface area contributed by atoms with Crippen LogP contribution in [0.5, 0.6) is 17.2 Å². The number of aromatic nitrogens is 1. The lowest BCUT2D eigenvalue weighted by molar-refractivity contribution is 0.194. The molecule has 0 unspecified atom stereocenters. The number of pyridine rings is 1. The quantitative estimate of drug-likeness (QED) is 0.871. The van der Waals surface area contributed by atoms with Gasteiger partial charge in [-0.3, -0.25) is 4.98 Å². The van der Waals surface area contributed by atoms with Gasteiger partial charge in [-0.2, -0.15) is 0 Å². The van der Waals surface area contributed by atoms with Crippen LogP contribution < -0.4 is 9.47 Å². The van der Waals surface area contributed by atoms with E-state index in [-0.39, 0.29) is 0 Å². The van der Waals surface area contributed by atoms with Gasteiger partial charge in [-0.25, -0.2) is 0 Å². The Kier molecular flexibility index (Phi) is 4.96. The van der Waals surface area contributed by atoms with Gasteiger partial charge >= 0.3 is 0 Å². The third kappa shape index (κ3) is 3.96. The van der Waals surface area contributed by atoms with E-state index in [1.54, 1.807) is 25.3 Å². The zero-order chi connectivity index (χ0) is 14.4. The van der Waals surface area contributed by atoms with Crippen molar-refractivity contribution in [3.8, 4) is 17.2 Å². The molecule has 0 radical (unpaired) electrons. The summed E-state index contributed by atoms with van der Waals surface area (Å²) in [5, 5.41) is 9.39. The van der Waals surface area contributed by atoms with Crippen molar-refractivity contribution in [2.24, 2.45) is 0 Å². The highest BCUT2D eigenvalue weighted by atomic mass is 16.5. The molecular weight excluding hydrogens is 254 g/mol. The van der Waals surface area contributed by atoms with E-state index >= 15 is 0 Å². The number of ether oxygens (including phenoxy) is 2. The number of hydrogen-bond donors (Lipinski definition) is 1. The van der Waals surface area contributed by atoms with Gasteiger partial charge in [0.05, 0.1) is 24.6 Å². The first-order chi connectivity index (χ1) is 9.69. The molecule has 0 amide bonds. The molecular formula is C16H19NO3. The van der Waals surface area contributed by atoms with Crippen molar-refractivity contribution >= 4 is 0 Å². The van der Waals surface area contributed by atoms with Crippen molar-refractivity contribution in [1.29, 1.82) is 0 Å². The molecule has 0 aliphatic rings. The van der Waals surface area contributed by atoms with Gasteiger partial charge in [-0.15, -0.1) is 0 Å². The van der Waals surface area contributed by atoms with Gasteiger partial charge in [0.2, 0.25) is 0 Å². The molecule has 2 rings (SSSR count). The average Bonchev–Trinajstić information content (AvgIpc) is 2.47. The van der Waals surface area contributed by atoms with E-state index in [2.05, 4.69) is 11.9 Å². The Morgan fingerprint density at radius 1 is 1.05 bits per heavy atom. The van der Waals surface area contributed by atoms with Gasteiger partial charge in [-0.1, -0.05) is 6.92 Å². The molecule has 1 aromatic heterocycles. The molecule has 0 saturated carbocycles. The van der Waals surface area contributed by atoms with Gasteiger partial charge in [-0.05, 0) is 49.7 Å². The van der Waals surface area contributed by atoms with Crippen LogP contribution in [0.3, 0.4) is 0 Å². The molecule has 1 atom stereocenters. The number of benzene rings is 1. The van der Waals surface area contributed by atoms with Gasteiger partial charge < -0.3 is 14.6 Å². The maximum absolute atomic E-state index is 9.39. The van der Waals surface area contributed by atoms with Crippen molar-refractivity contribution in [2.45, 2.75) is 26.4 Å². The lowest BCUT2D eigenvalue weighted by atomic mass is 10.2. The molecule has 0 fully saturated rings. The number of aliphatic hydroxyl groups is 1. The van der Waals surface area contributed by atoms with Crippen LogP contribution in [0.2, 0.25) is 0 Å². The number of aliphatic hydroxyl groups excluding tert-OH is 1. The van der Waals surface area contributed by atoms with Crippen LogP contribution in [0.1, 0.15) is 32.1 Å². The van der Waals surface area contributed by atoms with Crippen molar-refractivity contribution < 1.29 is 14.6 Å². The Labute approximate surface area is 119 Å². The smallest absolute Gasteiger partial charge is 0.145 e. The zero-order valence-electron chi connectivity index (χ0n) is 11.7. The summed E-state index contributed by atoms with van der Waals surface area (Å²) in [6.45, 7) is 4.46. The summed E-state index contributed by atoms with van der Waals surface area (Å²) in [5.74, 6) is 2.19. The monoisotopic (exact) mass is 273 g/mol. The second kappa shape index (κ2) is 6.91. The molecule has 4 heteroatoms. The first kappa shape index (κ1) is 14.3. The molecule has 106 valence electrons. The van der Waals surface area contributed by atoms with Crippen LogP contribution in [0.4, 0.5) is 0 Å². The lowest BCUT2D eigenvalue weighted by Crippen LogP contribution is -1.96. The molecule has 0 aliphatic carbocycles. The molecule has 1 aromatic carbocycles. The van der Waals surface area contributed by atoms with Crippen molar-refractivity contribution in [2.75, 3.05) is 6.61 Å². The molecule has 0 aliphatic heterocycles. The predicted molar refractivity (Wildman–Crippen MR) is 77.2 cm³/mol. The third-order valence-electron chi connectivity index (χ3n) is 2.72. The van der Waals surface area contributed by atoms with Gasteiger partial charge in [0.25, 0.3) is 0 Å². The maximum Gasteiger partial charge on any atom is 0.145 e. The summed E-state index contributed by atoms with van der Waals surface area (Å²) >= 11 is 0. The summed E-state index contributed by atoms with van der Waals surface area (Å²) in [6, 6.07) is 11.0. The van der Waals surface area contributed by atoms with Gasteiger partial charge in [0, 0.05) is 0 Å². The van der Waals surface area contributed by atoms with Crippen molar-refractivity contribution in [3.05, 3.63) is 48.3 Å². The van der Waals surface area contributed by atoms with E-state index in [0.717, 1.165) is 17.9 Å². The summed E-state index contributed by atoms with van der Waals surface area (Å²) in [5.41, 5.74) is 0.626. The first-order valence-electron chi connectivity index (χ1n) is 6.73. The fraction of sp³-hybridized carbons (Fsp3) is 0.312. The minimum Gasteiger partial charge on any atom is -0.494 e. The molecule has 0 bridgehead atoms. The van der Waals surface area contributed by atoms with Crippen LogP contribution >= 0.6 is 0 Å². The third-order valence-corrected chi connectivity index (χ3v) is 2.72. The van der Waals surface area contributed by atoms with Crippen LogP contribution in [0, 0.1) is 0 Å². The predicted octanol–water partition coefficient (Wildman–Crippen LogP) is 3.72. The van der Waals surface area contributed by atoms with E-state index in [4.69, 9.17) is 9.47 Å².